The topological polar surface area (TPSA) is 91.7 Å². The molecule has 234 valence electrons. The molecule has 1 unspecified atom stereocenters. The molecule has 1 atom stereocenters. The van der Waals surface area contributed by atoms with Crippen molar-refractivity contribution in [3.8, 4) is 11.1 Å². The van der Waals surface area contributed by atoms with E-state index in [0.29, 0.717) is 17.2 Å². The number of ether oxygens (including phenoxy) is 1. The predicted octanol–water partition coefficient (Wildman–Crippen LogP) is 7.16. The van der Waals surface area contributed by atoms with Gasteiger partial charge >= 0.3 is 5.97 Å². The van der Waals surface area contributed by atoms with E-state index in [1.54, 1.807) is 0 Å². The van der Waals surface area contributed by atoms with Gasteiger partial charge in [0.1, 0.15) is 11.6 Å². The number of hydrogen-bond acceptors (Lipinski definition) is 7. The highest BCUT2D eigenvalue weighted by Gasteiger charge is 2.37. The van der Waals surface area contributed by atoms with E-state index in [1.165, 1.54) is 24.0 Å². The van der Waals surface area contributed by atoms with Gasteiger partial charge in [-0.2, -0.15) is 0 Å². The molecule has 0 radical (unpaired) electrons. The van der Waals surface area contributed by atoms with Crippen molar-refractivity contribution in [3.63, 3.8) is 0 Å². The lowest BCUT2D eigenvalue weighted by molar-refractivity contribution is -0.160. The number of carbonyl (C=O) groups is 1. The number of aryl methyl sites for hydroxylation is 2. The van der Waals surface area contributed by atoms with E-state index in [-0.39, 0.29) is 5.41 Å². The predicted molar refractivity (Wildman–Crippen MR) is 174 cm³/mol. The standard InChI is InChI=1S/C36H47N5O3/c1-22-29(26-10-11-27-21-41(17-13-25(27)20-26)28-12-16-37-33(39-28)24-8-9-24)31(40-18-14-36(6,7)15-19-40)30(23(2)38-22)32(34(42)43)44-35(3,4)5/h10-12,16,20,24,32H,8-9,13-15,17-19,21H2,1-7H3,(H,42,43). The molecule has 0 spiro atoms. The molecule has 0 bridgehead atoms. The van der Waals surface area contributed by atoms with Crippen molar-refractivity contribution in [1.29, 1.82) is 0 Å². The van der Waals surface area contributed by atoms with Crippen LogP contribution in [0.15, 0.2) is 30.5 Å². The summed E-state index contributed by atoms with van der Waals surface area (Å²) < 4.78 is 6.26. The number of nitrogens with zero attached hydrogens (tertiary/aromatic N) is 5. The Bertz CT molecular complexity index is 1560. The van der Waals surface area contributed by atoms with Gasteiger partial charge in [0.15, 0.2) is 6.10 Å². The maximum atomic E-state index is 12.8. The zero-order valence-electron chi connectivity index (χ0n) is 27.4. The van der Waals surface area contributed by atoms with E-state index in [4.69, 9.17) is 14.7 Å². The number of carboxylic acid groups (broad SMARTS) is 1. The van der Waals surface area contributed by atoms with Gasteiger partial charge in [-0.1, -0.05) is 32.0 Å². The summed E-state index contributed by atoms with van der Waals surface area (Å²) in [5.41, 5.74) is 7.60. The lowest BCUT2D eigenvalue weighted by atomic mass is 9.81. The second kappa shape index (κ2) is 11.4. The number of carboxylic acids is 1. The maximum absolute atomic E-state index is 12.8. The fraction of sp³-hybridized carbons (Fsp3) is 0.556. The van der Waals surface area contributed by atoms with Crippen molar-refractivity contribution in [2.75, 3.05) is 29.4 Å². The Morgan fingerprint density at radius 2 is 1.73 bits per heavy atom. The summed E-state index contributed by atoms with van der Waals surface area (Å²) >= 11 is 0. The summed E-state index contributed by atoms with van der Waals surface area (Å²) in [6.45, 7) is 17.8. The lowest BCUT2D eigenvalue weighted by Gasteiger charge is -2.41. The molecule has 1 N–H and O–H groups in total. The SMILES string of the molecule is Cc1nc(C)c(C(OC(C)(C)C)C(=O)O)c(N2CCC(C)(C)CC2)c1-c1ccc2c(c1)CCN(c1ccnc(C3CC3)n1)C2. The Hall–Kier alpha value is -3.52. The molecule has 2 aliphatic heterocycles. The van der Waals surface area contributed by atoms with Crippen molar-refractivity contribution in [3.05, 3.63) is 64.4 Å². The maximum Gasteiger partial charge on any atom is 0.337 e. The van der Waals surface area contributed by atoms with Gasteiger partial charge in [-0.25, -0.2) is 14.8 Å². The number of pyridine rings is 1. The highest BCUT2D eigenvalue weighted by molar-refractivity contribution is 5.88. The van der Waals surface area contributed by atoms with Crippen LogP contribution in [0.2, 0.25) is 0 Å². The Morgan fingerprint density at radius 1 is 1.00 bits per heavy atom. The van der Waals surface area contributed by atoms with E-state index in [1.807, 2.05) is 40.0 Å². The third-order valence-electron chi connectivity index (χ3n) is 9.40. The summed E-state index contributed by atoms with van der Waals surface area (Å²) in [5, 5.41) is 10.5. The number of rotatable bonds is 7. The van der Waals surface area contributed by atoms with Crippen molar-refractivity contribution >= 4 is 17.5 Å². The van der Waals surface area contributed by atoms with Crippen LogP contribution < -0.4 is 9.80 Å². The van der Waals surface area contributed by atoms with E-state index in [9.17, 15) is 9.90 Å². The van der Waals surface area contributed by atoms with Crippen LogP contribution in [0.25, 0.3) is 11.1 Å². The summed E-state index contributed by atoms with van der Waals surface area (Å²) in [6, 6.07) is 8.77. The van der Waals surface area contributed by atoms with Crippen LogP contribution in [-0.2, 0) is 22.5 Å². The normalized spacial score (nSPS) is 19.1. The van der Waals surface area contributed by atoms with Gasteiger partial charge in [0.05, 0.1) is 11.3 Å². The molecule has 1 aliphatic carbocycles. The second-order valence-corrected chi connectivity index (χ2v) is 14.7. The van der Waals surface area contributed by atoms with E-state index in [2.05, 4.69) is 53.8 Å². The second-order valence-electron chi connectivity index (χ2n) is 14.7. The van der Waals surface area contributed by atoms with Crippen LogP contribution in [0, 0.1) is 19.3 Å². The van der Waals surface area contributed by atoms with Crippen molar-refractivity contribution in [1.82, 2.24) is 15.0 Å². The summed E-state index contributed by atoms with van der Waals surface area (Å²) in [7, 11) is 0. The minimum Gasteiger partial charge on any atom is -0.479 e. The van der Waals surface area contributed by atoms with Crippen molar-refractivity contribution < 1.29 is 14.6 Å². The summed E-state index contributed by atoms with van der Waals surface area (Å²) in [6.07, 6.45) is 6.15. The Morgan fingerprint density at radius 3 is 2.39 bits per heavy atom. The van der Waals surface area contributed by atoms with Crippen LogP contribution in [0.1, 0.15) is 106 Å². The lowest BCUT2D eigenvalue weighted by Crippen LogP contribution is -2.39. The zero-order chi connectivity index (χ0) is 31.4. The van der Waals surface area contributed by atoms with Crippen molar-refractivity contribution in [2.45, 2.75) is 105 Å². The largest absolute Gasteiger partial charge is 0.479 e. The molecule has 4 heterocycles. The third kappa shape index (κ3) is 6.32. The van der Waals surface area contributed by atoms with Gasteiger partial charge in [0, 0.05) is 60.8 Å². The molecule has 3 aliphatic rings. The molecular weight excluding hydrogens is 550 g/mol. The van der Waals surface area contributed by atoms with Gasteiger partial charge in [-0.05, 0) is 94.9 Å². The summed E-state index contributed by atoms with van der Waals surface area (Å²) in [5.74, 6) is 1.53. The number of aliphatic carboxylic acids is 1. The van der Waals surface area contributed by atoms with Crippen LogP contribution >= 0.6 is 0 Å². The number of aromatic nitrogens is 3. The molecule has 2 fully saturated rings. The Labute approximate surface area is 261 Å². The quantitative estimate of drug-likeness (QED) is 0.307. The molecular formula is C36H47N5O3. The highest BCUT2D eigenvalue weighted by Crippen LogP contribution is 2.45. The summed E-state index contributed by atoms with van der Waals surface area (Å²) in [4.78, 5) is 31.9. The number of fused-ring (bicyclic) bond motifs is 1. The van der Waals surface area contributed by atoms with E-state index in [0.717, 1.165) is 79.6 Å². The van der Waals surface area contributed by atoms with Gasteiger partial charge in [-0.3, -0.25) is 4.98 Å². The molecule has 44 heavy (non-hydrogen) atoms. The average Bonchev–Trinajstić information content (AvgIpc) is 3.81. The number of benzene rings is 1. The molecule has 8 heteroatoms. The van der Waals surface area contributed by atoms with Crippen LogP contribution in [0.3, 0.4) is 0 Å². The van der Waals surface area contributed by atoms with Gasteiger partial charge < -0.3 is 19.6 Å². The first kappa shape index (κ1) is 30.5. The first-order valence-corrected chi connectivity index (χ1v) is 16.2. The molecule has 8 nitrogen and oxygen atoms in total. The zero-order valence-corrected chi connectivity index (χ0v) is 27.4. The fourth-order valence-electron chi connectivity index (χ4n) is 6.74. The van der Waals surface area contributed by atoms with Crippen molar-refractivity contribution in [2.24, 2.45) is 5.41 Å². The van der Waals surface area contributed by atoms with Crippen LogP contribution in [0.4, 0.5) is 11.5 Å². The monoisotopic (exact) mass is 597 g/mol. The molecule has 1 saturated carbocycles. The molecule has 2 aromatic heterocycles. The third-order valence-corrected chi connectivity index (χ3v) is 9.40. The van der Waals surface area contributed by atoms with Crippen LogP contribution in [0.5, 0.6) is 0 Å². The van der Waals surface area contributed by atoms with E-state index < -0.39 is 17.7 Å². The molecule has 6 rings (SSSR count). The molecule has 1 aromatic carbocycles. The Balaban J connectivity index is 1.41. The van der Waals surface area contributed by atoms with E-state index >= 15 is 0 Å². The first-order chi connectivity index (χ1) is 20.8. The minimum atomic E-state index is -1.12. The number of anilines is 2. The van der Waals surface area contributed by atoms with Gasteiger partial charge in [0.25, 0.3) is 0 Å². The van der Waals surface area contributed by atoms with Gasteiger partial charge in [0.2, 0.25) is 0 Å². The number of hydrogen-bond donors (Lipinski definition) is 1. The highest BCUT2D eigenvalue weighted by atomic mass is 16.5. The smallest absolute Gasteiger partial charge is 0.337 e. The average molecular weight is 598 g/mol. The Kier molecular flexibility index (Phi) is 7.93. The van der Waals surface area contributed by atoms with Gasteiger partial charge in [-0.15, -0.1) is 0 Å². The minimum absolute atomic E-state index is 0.253. The van der Waals surface area contributed by atoms with Crippen LogP contribution in [-0.4, -0.2) is 51.3 Å². The first-order valence-electron chi connectivity index (χ1n) is 16.2. The fourth-order valence-corrected chi connectivity index (χ4v) is 6.74. The number of piperidine rings is 1. The molecule has 1 saturated heterocycles. The molecule has 0 amide bonds. The molecule has 3 aromatic rings.